The third kappa shape index (κ3) is 3.05. The van der Waals surface area contributed by atoms with E-state index in [4.69, 9.17) is 15.2 Å². The van der Waals surface area contributed by atoms with Crippen molar-refractivity contribution in [3.8, 4) is 17.6 Å². The monoisotopic (exact) mass is 300 g/mol. The largest absolute Gasteiger partial charge is 0.493 e. The highest BCUT2D eigenvalue weighted by Crippen LogP contribution is 2.42. The van der Waals surface area contributed by atoms with Gasteiger partial charge in [0.05, 0.1) is 25.2 Å². The maximum Gasteiger partial charge on any atom is 0.161 e. The molecule has 2 saturated carbocycles. The van der Waals surface area contributed by atoms with Gasteiger partial charge in [0.1, 0.15) is 0 Å². The molecule has 2 fully saturated rings. The molecule has 1 aromatic rings. The molecule has 0 aliphatic heterocycles. The zero-order valence-electron chi connectivity index (χ0n) is 13.2. The van der Waals surface area contributed by atoms with Crippen molar-refractivity contribution in [1.29, 1.82) is 5.26 Å². The molecule has 2 aliphatic rings. The predicted octanol–water partition coefficient (Wildman–Crippen LogP) is 3.15. The maximum absolute atomic E-state index is 9.76. The lowest BCUT2D eigenvalue weighted by Crippen LogP contribution is -2.36. The summed E-state index contributed by atoms with van der Waals surface area (Å²) >= 11 is 0. The van der Waals surface area contributed by atoms with Gasteiger partial charge in [-0.05, 0) is 62.1 Å². The lowest BCUT2D eigenvalue weighted by atomic mass is 9.69. The summed E-state index contributed by atoms with van der Waals surface area (Å²) in [5.74, 6) is 2.19. The van der Waals surface area contributed by atoms with Crippen LogP contribution in [0.25, 0.3) is 0 Å². The lowest BCUT2D eigenvalue weighted by Gasteiger charge is -2.34. The Hall–Kier alpha value is -1.73. The van der Waals surface area contributed by atoms with Gasteiger partial charge in [-0.15, -0.1) is 0 Å². The van der Waals surface area contributed by atoms with Crippen LogP contribution in [0, 0.1) is 17.2 Å². The molecule has 0 spiro atoms. The first-order chi connectivity index (χ1) is 10.7. The molecule has 0 amide bonds. The smallest absolute Gasteiger partial charge is 0.161 e. The number of rotatable bonds is 5. The van der Waals surface area contributed by atoms with Crippen LogP contribution in [0.1, 0.15) is 44.1 Å². The number of methoxy groups -OCH3 is 1. The summed E-state index contributed by atoms with van der Waals surface area (Å²) in [5, 5.41) is 9.76. The summed E-state index contributed by atoms with van der Waals surface area (Å²) in [4.78, 5) is 0. The van der Waals surface area contributed by atoms with E-state index < -0.39 is 5.41 Å². The molecule has 0 saturated heterocycles. The van der Waals surface area contributed by atoms with Crippen LogP contribution in [0.3, 0.4) is 0 Å². The summed E-state index contributed by atoms with van der Waals surface area (Å²) in [6.07, 6.45) is 5.94. The van der Waals surface area contributed by atoms with Gasteiger partial charge < -0.3 is 15.2 Å². The van der Waals surface area contributed by atoms with E-state index in [1.54, 1.807) is 7.11 Å². The summed E-state index contributed by atoms with van der Waals surface area (Å²) in [6.45, 7) is 0.740. The average molecular weight is 300 g/mol. The van der Waals surface area contributed by atoms with Gasteiger partial charge in [0.25, 0.3) is 0 Å². The SMILES string of the molecule is COc1ccc(C2(C#N)CCC(N)CC2)cc1OCC1CC1. The Morgan fingerprint density at radius 2 is 1.95 bits per heavy atom. The number of hydrogen-bond donors (Lipinski definition) is 1. The molecule has 118 valence electrons. The van der Waals surface area contributed by atoms with Crippen molar-refractivity contribution >= 4 is 0 Å². The zero-order valence-corrected chi connectivity index (χ0v) is 13.2. The van der Waals surface area contributed by atoms with Crippen molar-refractivity contribution in [3.63, 3.8) is 0 Å². The van der Waals surface area contributed by atoms with Crippen LogP contribution in [0.15, 0.2) is 18.2 Å². The van der Waals surface area contributed by atoms with Gasteiger partial charge in [0, 0.05) is 6.04 Å². The normalized spacial score (nSPS) is 28.0. The molecule has 2 aliphatic carbocycles. The standard InChI is InChI=1S/C18H24N2O2/c1-21-16-5-4-14(10-17(16)22-11-13-2-3-13)18(12-19)8-6-15(20)7-9-18/h4-5,10,13,15H,2-3,6-9,11,20H2,1H3. The quantitative estimate of drug-likeness (QED) is 0.907. The van der Waals surface area contributed by atoms with Gasteiger partial charge in [-0.2, -0.15) is 5.26 Å². The van der Waals surface area contributed by atoms with Gasteiger partial charge in [0.15, 0.2) is 11.5 Å². The molecule has 0 bridgehead atoms. The minimum atomic E-state index is -0.431. The van der Waals surface area contributed by atoms with Crippen LogP contribution in [-0.4, -0.2) is 19.8 Å². The van der Waals surface area contributed by atoms with E-state index in [2.05, 4.69) is 6.07 Å². The van der Waals surface area contributed by atoms with E-state index in [0.717, 1.165) is 49.4 Å². The zero-order chi connectivity index (χ0) is 15.6. The molecule has 0 aromatic heterocycles. The van der Waals surface area contributed by atoms with Crippen molar-refractivity contribution in [3.05, 3.63) is 23.8 Å². The first-order valence-electron chi connectivity index (χ1n) is 8.15. The summed E-state index contributed by atoms with van der Waals surface area (Å²) in [5.41, 5.74) is 6.60. The number of hydrogen-bond acceptors (Lipinski definition) is 4. The van der Waals surface area contributed by atoms with Crippen molar-refractivity contribution in [2.24, 2.45) is 11.7 Å². The van der Waals surface area contributed by atoms with E-state index in [1.165, 1.54) is 12.8 Å². The number of nitrogens with two attached hydrogens (primary N) is 1. The fourth-order valence-electron chi connectivity index (χ4n) is 3.18. The summed E-state index contributed by atoms with van der Waals surface area (Å²) in [7, 11) is 1.65. The second-order valence-electron chi connectivity index (χ2n) is 6.65. The Balaban J connectivity index is 1.85. The molecule has 2 N–H and O–H groups in total. The van der Waals surface area contributed by atoms with Crippen LogP contribution in [0.2, 0.25) is 0 Å². The van der Waals surface area contributed by atoms with Crippen molar-refractivity contribution < 1.29 is 9.47 Å². The van der Waals surface area contributed by atoms with Gasteiger partial charge in [-0.25, -0.2) is 0 Å². The number of benzene rings is 1. The topological polar surface area (TPSA) is 68.3 Å². The number of ether oxygens (including phenoxy) is 2. The molecule has 1 aromatic carbocycles. The van der Waals surface area contributed by atoms with E-state index in [-0.39, 0.29) is 6.04 Å². The Morgan fingerprint density at radius 3 is 2.55 bits per heavy atom. The fraction of sp³-hybridized carbons (Fsp3) is 0.611. The summed E-state index contributed by atoms with van der Waals surface area (Å²) in [6, 6.07) is 8.70. The molecule has 0 heterocycles. The fourth-order valence-corrected chi connectivity index (χ4v) is 3.18. The third-order valence-electron chi connectivity index (χ3n) is 4.99. The molecule has 0 unspecified atom stereocenters. The third-order valence-corrected chi connectivity index (χ3v) is 4.99. The van der Waals surface area contributed by atoms with Crippen LogP contribution >= 0.6 is 0 Å². The Bertz CT molecular complexity index is 567. The van der Waals surface area contributed by atoms with Crippen molar-refractivity contribution in [2.45, 2.75) is 50.0 Å². The van der Waals surface area contributed by atoms with E-state index in [1.807, 2.05) is 18.2 Å². The van der Waals surface area contributed by atoms with Crippen LogP contribution in [0.4, 0.5) is 0 Å². The number of nitriles is 1. The van der Waals surface area contributed by atoms with Gasteiger partial charge in [0.2, 0.25) is 0 Å². The first-order valence-corrected chi connectivity index (χ1v) is 8.15. The second kappa shape index (κ2) is 6.18. The highest BCUT2D eigenvalue weighted by atomic mass is 16.5. The maximum atomic E-state index is 9.76. The van der Waals surface area contributed by atoms with Crippen molar-refractivity contribution in [1.82, 2.24) is 0 Å². The molecule has 4 nitrogen and oxygen atoms in total. The predicted molar refractivity (Wildman–Crippen MR) is 84.9 cm³/mol. The van der Waals surface area contributed by atoms with Gasteiger partial charge in [-0.3, -0.25) is 0 Å². The van der Waals surface area contributed by atoms with E-state index >= 15 is 0 Å². The lowest BCUT2D eigenvalue weighted by molar-refractivity contribution is 0.278. The van der Waals surface area contributed by atoms with Crippen LogP contribution in [0.5, 0.6) is 11.5 Å². The molecule has 4 heteroatoms. The van der Waals surface area contributed by atoms with Gasteiger partial charge in [-0.1, -0.05) is 6.07 Å². The Labute approximate surface area is 132 Å². The minimum absolute atomic E-state index is 0.227. The Morgan fingerprint density at radius 1 is 1.23 bits per heavy atom. The van der Waals surface area contributed by atoms with E-state index in [0.29, 0.717) is 5.92 Å². The minimum Gasteiger partial charge on any atom is -0.493 e. The second-order valence-corrected chi connectivity index (χ2v) is 6.65. The van der Waals surface area contributed by atoms with Crippen molar-refractivity contribution in [2.75, 3.05) is 13.7 Å². The first kappa shape index (κ1) is 15.2. The molecule has 3 rings (SSSR count). The number of nitrogens with zero attached hydrogens (tertiary/aromatic N) is 1. The van der Waals surface area contributed by atoms with Crippen LogP contribution in [-0.2, 0) is 5.41 Å². The van der Waals surface area contributed by atoms with E-state index in [9.17, 15) is 5.26 Å². The molecule has 0 atom stereocenters. The van der Waals surface area contributed by atoms with Crippen LogP contribution < -0.4 is 15.2 Å². The average Bonchev–Trinajstić information content (AvgIpc) is 3.38. The molecule has 0 radical (unpaired) electrons. The molecular weight excluding hydrogens is 276 g/mol. The highest BCUT2D eigenvalue weighted by molar-refractivity contribution is 5.47. The molecular formula is C18H24N2O2. The van der Waals surface area contributed by atoms with Gasteiger partial charge >= 0.3 is 0 Å². The summed E-state index contributed by atoms with van der Waals surface area (Å²) < 4.78 is 11.3. The Kier molecular flexibility index (Phi) is 4.26. The molecule has 22 heavy (non-hydrogen) atoms. The highest BCUT2D eigenvalue weighted by Gasteiger charge is 2.37.